The number of rotatable bonds is 4. The number of benzene rings is 1. The summed E-state index contributed by atoms with van der Waals surface area (Å²) in [6.45, 7) is 7.43. The monoisotopic (exact) mass is 358 g/mol. The number of ether oxygens (including phenoxy) is 1. The minimum Gasteiger partial charge on any atom is -0.497 e. The fourth-order valence-electron chi connectivity index (χ4n) is 3.03. The predicted molar refractivity (Wildman–Crippen MR) is 98.0 cm³/mol. The van der Waals surface area contributed by atoms with Crippen LogP contribution in [-0.2, 0) is 6.42 Å². The van der Waals surface area contributed by atoms with Gasteiger partial charge in [0.2, 0.25) is 0 Å². The van der Waals surface area contributed by atoms with E-state index < -0.39 is 0 Å². The van der Waals surface area contributed by atoms with Crippen LogP contribution < -0.4 is 10.1 Å². The molecular weight excluding hydrogens is 332 g/mol. The van der Waals surface area contributed by atoms with Gasteiger partial charge in [-0.3, -0.25) is 0 Å². The van der Waals surface area contributed by atoms with Crippen LogP contribution in [-0.4, -0.2) is 46.8 Å². The molecule has 140 valence electrons. The second kappa shape index (κ2) is 7.35. The van der Waals surface area contributed by atoms with Gasteiger partial charge in [-0.05, 0) is 57.4 Å². The predicted octanol–water partition coefficient (Wildman–Crippen LogP) is 3.12. The van der Waals surface area contributed by atoms with Crippen molar-refractivity contribution in [2.24, 2.45) is 5.92 Å². The van der Waals surface area contributed by atoms with Crippen molar-refractivity contribution < 1.29 is 14.1 Å². The lowest BCUT2D eigenvalue weighted by atomic mass is 10.1. The van der Waals surface area contributed by atoms with Crippen molar-refractivity contribution in [3.05, 3.63) is 30.1 Å². The van der Waals surface area contributed by atoms with E-state index in [0.717, 1.165) is 24.3 Å². The van der Waals surface area contributed by atoms with Gasteiger partial charge in [-0.1, -0.05) is 5.16 Å². The molecule has 0 radical (unpaired) electrons. The molecule has 2 amide bonds. The first-order valence-electron chi connectivity index (χ1n) is 8.88. The minimum absolute atomic E-state index is 0.00738. The number of aromatic nitrogens is 2. The molecule has 0 aliphatic carbocycles. The lowest BCUT2D eigenvalue weighted by Crippen LogP contribution is -2.47. The van der Waals surface area contributed by atoms with E-state index in [1.165, 1.54) is 0 Å². The molecule has 7 heteroatoms. The number of carbonyl (C=O) groups excluding carboxylic acids is 1. The number of methoxy groups -OCH3 is 1. The Kier molecular flexibility index (Phi) is 5.15. The summed E-state index contributed by atoms with van der Waals surface area (Å²) in [6.07, 6.45) is 1.66. The zero-order valence-electron chi connectivity index (χ0n) is 15.8. The van der Waals surface area contributed by atoms with Crippen molar-refractivity contribution in [3.63, 3.8) is 0 Å². The van der Waals surface area contributed by atoms with Crippen LogP contribution in [0.1, 0.15) is 33.0 Å². The largest absolute Gasteiger partial charge is 0.497 e. The normalized spacial score (nSPS) is 17.4. The summed E-state index contributed by atoms with van der Waals surface area (Å²) in [7, 11) is 1.63. The van der Waals surface area contributed by atoms with Crippen LogP contribution in [0.5, 0.6) is 5.75 Å². The molecule has 2 aromatic rings. The first-order valence-corrected chi connectivity index (χ1v) is 8.88. The Bertz CT molecular complexity index is 749. The van der Waals surface area contributed by atoms with Gasteiger partial charge in [0.15, 0.2) is 5.82 Å². The third kappa shape index (κ3) is 4.53. The molecule has 26 heavy (non-hydrogen) atoms. The van der Waals surface area contributed by atoms with E-state index in [9.17, 15) is 4.79 Å². The zero-order chi connectivity index (χ0) is 18.7. The van der Waals surface area contributed by atoms with E-state index in [1.807, 2.05) is 49.9 Å². The number of hydrogen-bond donors (Lipinski definition) is 1. The standard InChI is InChI=1S/C19H26N4O3/c1-19(2,3)21-18(24)23-10-9-13(12-23)11-16-20-17(26-22-16)14-5-7-15(25-4)8-6-14/h5-8,13H,9-12H2,1-4H3,(H,21,24). The lowest BCUT2D eigenvalue weighted by Gasteiger charge is -2.25. The molecule has 1 aliphatic rings. The second-order valence-corrected chi connectivity index (χ2v) is 7.73. The molecule has 1 atom stereocenters. The Morgan fingerprint density at radius 3 is 2.73 bits per heavy atom. The Labute approximate surface area is 153 Å². The third-order valence-electron chi connectivity index (χ3n) is 4.33. The maximum Gasteiger partial charge on any atom is 0.317 e. The first kappa shape index (κ1) is 18.2. The number of nitrogens with one attached hydrogen (secondary N) is 1. The first-order chi connectivity index (χ1) is 12.3. The average molecular weight is 358 g/mol. The van der Waals surface area contributed by atoms with Gasteiger partial charge in [0.1, 0.15) is 5.75 Å². The molecule has 0 spiro atoms. The average Bonchev–Trinajstić information content (AvgIpc) is 3.23. The fraction of sp³-hybridized carbons (Fsp3) is 0.526. The number of urea groups is 1. The molecule has 1 saturated heterocycles. The SMILES string of the molecule is COc1ccc(-c2nc(CC3CCN(C(=O)NC(C)(C)C)C3)no2)cc1. The number of carbonyl (C=O) groups is 1. The number of likely N-dealkylation sites (tertiary alicyclic amines) is 1. The Hall–Kier alpha value is -2.57. The molecule has 2 heterocycles. The zero-order valence-corrected chi connectivity index (χ0v) is 15.8. The quantitative estimate of drug-likeness (QED) is 0.908. The molecule has 0 bridgehead atoms. The van der Waals surface area contributed by atoms with Crippen LogP contribution >= 0.6 is 0 Å². The van der Waals surface area contributed by atoms with Gasteiger partial charge in [0, 0.05) is 30.6 Å². The van der Waals surface area contributed by atoms with Crippen LogP contribution in [0.2, 0.25) is 0 Å². The van der Waals surface area contributed by atoms with E-state index in [1.54, 1.807) is 7.11 Å². The van der Waals surface area contributed by atoms with Gasteiger partial charge in [0.05, 0.1) is 7.11 Å². The van der Waals surface area contributed by atoms with Gasteiger partial charge < -0.3 is 19.5 Å². The molecule has 1 aromatic heterocycles. The highest BCUT2D eigenvalue weighted by molar-refractivity contribution is 5.75. The highest BCUT2D eigenvalue weighted by Crippen LogP contribution is 2.24. The van der Waals surface area contributed by atoms with Crippen LogP contribution in [0, 0.1) is 5.92 Å². The molecule has 1 aliphatic heterocycles. The van der Waals surface area contributed by atoms with E-state index in [2.05, 4.69) is 15.5 Å². The summed E-state index contributed by atoms with van der Waals surface area (Å²) in [5.74, 6) is 2.32. The molecule has 1 unspecified atom stereocenters. The van der Waals surface area contributed by atoms with Gasteiger partial charge in [-0.15, -0.1) is 0 Å². The molecular formula is C19H26N4O3. The highest BCUT2D eigenvalue weighted by atomic mass is 16.5. The topological polar surface area (TPSA) is 80.5 Å². The second-order valence-electron chi connectivity index (χ2n) is 7.73. The number of nitrogens with zero attached hydrogens (tertiary/aromatic N) is 3. The lowest BCUT2D eigenvalue weighted by molar-refractivity contribution is 0.197. The summed E-state index contributed by atoms with van der Waals surface area (Å²) in [5, 5.41) is 7.10. The fourth-order valence-corrected chi connectivity index (χ4v) is 3.03. The molecule has 1 N–H and O–H groups in total. The smallest absolute Gasteiger partial charge is 0.317 e. The van der Waals surface area contributed by atoms with Gasteiger partial charge in [0.25, 0.3) is 5.89 Å². The third-order valence-corrected chi connectivity index (χ3v) is 4.33. The highest BCUT2D eigenvalue weighted by Gasteiger charge is 2.29. The Morgan fingerprint density at radius 2 is 2.08 bits per heavy atom. The van der Waals surface area contributed by atoms with Crippen LogP contribution in [0.25, 0.3) is 11.5 Å². The van der Waals surface area contributed by atoms with Crippen LogP contribution in [0.4, 0.5) is 4.79 Å². The molecule has 3 rings (SSSR count). The molecule has 0 saturated carbocycles. The van der Waals surface area contributed by atoms with Crippen LogP contribution in [0.15, 0.2) is 28.8 Å². The Morgan fingerprint density at radius 1 is 1.35 bits per heavy atom. The summed E-state index contributed by atoms with van der Waals surface area (Å²) >= 11 is 0. The number of hydrogen-bond acceptors (Lipinski definition) is 5. The van der Waals surface area contributed by atoms with E-state index >= 15 is 0 Å². The van der Waals surface area contributed by atoms with E-state index in [4.69, 9.17) is 9.26 Å². The molecule has 7 nitrogen and oxygen atoms in total. The van der Waals surface area contributed by atoms with Crippen molar-refractivity contribution in [2.45, 2.75) is 39.2 Å². The van der Waals surface area contributed by atoms with Crippen molar-refractivity contribution in [3.8, 4) is 17.2 Å². The van der Waals surface area contributed by atoms with Crippen molar-refractivity contribution in [1.29, 1.82) is 0 Å². The minimum atomic E-state index is -0.226. The summed E-state index contributed by atoms with van der Waals surface area (Å²) < 4.78 is 10.5. The van der Waals surface area contributed by atoms with Gasteiger partial charge in [-0.2, -0.15) is 4.98 Å². The van der Waals surface area contributed by atoms with Crippen LogP contribution in [0.3, 0.4) is 0 Å². The maximum absolute atomic E-state index is 12.3. The molecule has 1 aromatic carbocycles. The summed E-state index contributed by atoms with van der Waals surface area (Å²) in [6, 6.07) is 7.50. The van der Waals surface area contributed by atoms with Gasteiger partial charge in [-0.25, -0.2) is 4.79 Å². The Balaban J connectivity index is 1.57. The number of amides is 2. The summed E-state index contributed by atoms with van der Waals surface area (Å²) in [5.41, 5.74) is 0.637. The van der Waals surface area contributed by atoms with Gasteiger partial charge >= 0.3 is 6.03 Å². The van der Waals surface area contributed by atoms with E-state index in [-0.39, 0.29) is 11.6 Å². The summed E-state index contributed by atoms with van der Waals surface area (Å²) in [4.78, 5) is 18.6. The van der Waals surface area contributed by atoms with Crippen molar-refractivity contribution >= 4 is 6.03 Å². The van der Waals surface area contributed by atoms with Crippen molar-refractivity contribution in [2.75, 3.05) is 20.2 Å². The van der Waals surface area contributed by atoms with Crippen molar-refractivity contribution in [1.82, 2.24) is 20.4 Å². The molecule has 1 fully saturated rings. The van der Waals surface area contributed by atoms with E-state index in [0.29, 0.717) is 30.6 Å². The maximum atomic E-state index is 12.3.